The van der Waals surface area contributed by atoms with Gasteiger partial charge in [0.2, 0.25) is 0 Å². The van der Waals surface area contributed by atoms with Crippen molar-refractivity contribution in [1.82, 2.24) is 14.9 Å². The predicted molar refractivity (Wildman–Crippen MR) is 134 cm³/mol. The van der Waals surface area contributed by atoms with Crippen LogP contribution in [0.2, 0.25) is 0 Å². The number of halogens is 2. The van der Waals surface area contributed by atoms with E-state index in [1.165, 1.54) is 5.56 Å². The summed E-state index contributed by atoms with van der Waals surface area (Å²) in [6.07, 6.45) is 5.71. The van der Waals surface area contributed by atoms with Crippen molar-refractivity contribution in [3.05, 3.63) is 111 Å². The first-order valence-electron chi connectivity index (χ1n) is 10.0. The fourth-order valence-electron chi connectivity index (χ4n) is 3.61. The highest BCUT2D eigenvalue weighted by Gasteiger charge is 2.29. The van der Waals surface area contributed by atoms with E-state index in [2.05, 4.69) is 113 Å². The molecule has 2 heterocycles. The van der Waals surface area contributed by atoms with Crippen LogP contribution in [0.4, 0.5) is 5.69 Å². The fourth-order valence-corrected chi connectivity index (χ4v) is 4.14. The van der Waals surface area contributed by atoms with Gasteiger partial charge in [0.15, 0.2) is 0 Å². The van der Waals surface area contributed by atoms with E-state index in [4.69, 9.17) is 5.10 Å². The van der Waals surface area contributed by atoms with Crippen LogP contribution in [0.15, 0.2) is 105 Å². The summed E-state index contributed by atoms with van der Waals surface area (Å²) in [5.41, 5.74) is 5.45. The number of benzene rings is 3. The Kier molecular flexibility index (Phi) is 5.96. The molecule has 6 nitrogen and oxygen atoms in total. The van der Waals surface area contributed by atoms with Crippen molar-refractivity contribution in [2.45, 2.75) is 12.5 Å². The zero-order chi connectivity index (χ0) is 21.9. The Bertz CT molecular complexity index is 1250. The van der Waals surface area contributed by atoms with Crippen molar-refractivity contribution >= 4 is 49.5 Å². The third-order valence-corrected chi connectivity index (χ3v) is 6.30. The molecule has 0 radical (unpaired) electrons. The zero-order valence-corrected chi connectivity index (χ0v) is 20.1. The highest BCUT2D eigenvalue weighted by atomic mass is 79.9. The molecule has 5 rings (SSSR count). The van der Waals surface area contributed by atoms with E-state index in [0.717, 1.165) is 37.9 Å². The molecule has 0 N–H and O–H groups in total. The minimum Gasteiger partial charge on any atom is -0.257 e. The molecule has 1 aliphatic heterocycles. The van der Waals surface area contributed by atoms with Gasteiger partial charge in [-0.25, -0.2) is 4.68 Å². The van der Waals surface area contributed by atoms with Gasteiger partial charge in [-0.15, -0.1) is 10.2 Å². The van der Waals surface area contributed by atoms with Crippen molar-refractivity contribution < 1.29 is 0 Å². The molecule has 0 saturated heterocycles. The van der Waals surface area contributed by atoms with Crippen molar-refractivity contribution in [3.8, 4) is 0 Å². The van der Waals surface area contributed by atoms with E-state index in [0.29, 0.717) is 0 Å². The van der Waals surface area contributed by atoms with Gasteiger partial charge < -0.3 is 0 Å². The van der Waals surface area contributed by atoms with Crippen LogP contribution in [0.5, 0.6) is 0 Å². The number of rotatable bonds is 5. The van der Waals surface area contributed by atoms with Gasteiger partial charge in [-0.05, 0) is 53.1 Å². The summed E-state index contributed by atoms with van der Waals surface area (Å²) >= 11 is 7.05. The molecule has 3 aromatic carbocycles. The van der Waals surface area contributed by atoms with Gasteiger partial charge in [-0.2, -0.15) is 10.2 Å². The zero-order valence-electron chi connectivity index (χ0n) is 16.9. The lowest BCUT2D eigenvalue weighted by Gasteiger charge is -2.24. The Labute approximate surface area is 202 Å². The van der Waals surface area contributed by atoms with Gasteiger partial charge in [0.25, 0.3) is 0 Å². The van der Waals surface area contributed by atoms with Crippen molar-refractivity contribution in [2.75, 3.05) is 5.01 Å². The van der Waals surface area contributed by atoms with Crippen LogP contribution in [0.25, 0.3) is 0 Å². The van der Waals surface area contributed by atoms with Crippen molar-refractivity contribution in [2.24, 2.45) is 10.2 Å². The molecule has 0 spiro atoms. The number of hydrogen-bond acceptors (Lipinski definition) is 5. The topological polar surface area (TPSA) is 58.7 Å². The Morgan fingerprint density at radius 2 is 1.44 bits per heavy atom. The fraction of sp³-hybridized carbons (Fsp3) is 0.0833. The van der Waals surface area contributed by atoms with Crippen LogP contribution < -0.4 is 5.01 Å². The van der Waals surface area contributed by atoms with Gasteiger partial charge in [0.1, 0.15) is 12.7 Å². The van der Waals surface area contributed by atoms with Gasteiger partial charge >= 0.3 is 0 Å². The monoisotopic (exact) mass is 548 g/mol. The summed E-state index contributed by atoms with van der Waals surface area (Å²) in [4.78, 5) is 0. The summed E-state index contributed by atoms with van der Waals surface area (Å²) < 4.78 is 3.69. The van der Waals surface area contributed by atoms with Crippen LogP contribution in [0.3, 0.4) is 0 Å². The summed E-state index contributed by atoms with van der Waals surface area (Å²) in [6.45, 7) is 0. The standard InChI is InChI=1S/C24H18Br2N6/c25-20-7-3-18(4-8-20)23-13-24(19-5-9-21(26)10-6-19)32(30-23)22-11-1-17(2-12-22)14-29-31-15-27-28-16-31/h1-12,14-16,24H,13H2/b29-14-/t24-/m0/s1. The lowest BCUT2D eigenvalue weighted by Crippen LogP contribution is -2.18. The summed E-state index contributed by atoms with van der Waals surface area (Å²) in [7, 11) is 0. The second-order valence-corrected chi connectivity index (χ2v) is 9.18. The molecule has 8 heteroatoms. The van der Waals surface area contributed by atoms with E-state index in [-0.39, 0.29) is 6.04 Å². The van der Waals surface area contributed by atoms with Gasteiger partial charge in [0.05, 0.1) is 23.7 Å². The maximum Gasteiger partial charge on any atom is 0.141 e. The second kappa shape index (κ2) is 9.18. The number of aromatic nitrogens is 3. The van der Waals surface area contributed by atoms with E-state index in [9.17, 15) is 0 Å². The first-order chi connectivity index (χ1) is 15.7. The Hall–Kier alpha value is -3.10. The predicted octanol–water partition coefficient (Wildman–Crippen LogP) is 6.04. The third-order valence-electron chi connectivity index (χ3n) is 5.25. The minimum absolute atomic E-state index is 0.123. The Morgan fingerprint density at radius 1 is 0.812 bits per heavy atom. The molecule has 4 aromatic rings. The molecule has 1 aromatic heterocycles. The van der Waals surface area contributed by atoms with E-state index >= 15 is 0 Å². The van der Waals surface area contributed by atoms with Crippen LogP contribution >= 0.6 is 31.9 Å². The molecule has 0 aliphatic carbocycles. The first kappa shape index (κ1) is 20.8. The molecular formula is C24H18Br2N6. The summed E-state index contributed by atoms with van der Waals surface area (Å²) in [5.74, 6) is 0. The number of hydrogen-bond donors (Lipinski definition) is 0. The Balaban J connectivity index is 1.46. The molecule has 0 saturated carbocycles. The molecular weight excluding hydrogens is 532 g/mol. The van der Waals surface area contributed by atoms with E-state index in [1.807, 2.05) is 12.1 Å². The van der Waals surface area contributed by atoms with E-state index in [1.54, 1.807) is 23.5 Å². The molecule has 0 fully saturated rings. The number of anilines is 1. The van der Waals surface area contributed by atoms with Crippen LogP contribution in [0, 0.1) is 0 Å². The number of nitrogens with zero attached hydrogens (tertiary/aromatic N) is 6. The highest BCUT2D eigenvalue weighted by molar-refractivity contribution is 9.10. The lowest BCUT2D eigenvalue weighted by molar-refractivity contribution is 0.709. The van der Waals surface area contributed by atoms with Crippen molar-refractivity contribution in [1.29, 1.82) is 0 Å². The molecule has 0 amide bonds. The van der Waals surface area contributed by atoms with Gasteiger partial charge in [-0.1, -0.05) is 68.3 Å². The maximum absolute atomic E-state index is 5.02. The second-order valence-electron chi connectivity index (χ2n) is 7.35. The van der Waals surface area contributed by atoms with Crippen LogP contribution in [0.1, 0.15) is 29.2 Å². The molecule has 1 aliphatic rings. The maximum atomic E-state index is 5.02. The average Bonchev–Trinajstić information content (AvgIpc) is 3.50. The Morgan fingerprint density at radius 3 is 2.09 bits per heavy atom. The largest absolute Gasteiger partial charge is 0.257 e. The van der Waals surface area contributed by atoms with E-state index < -0.39 is 0 Å². The quantitative estimate of drug-likeness (QED) is 0.285. The highest BCUT2D eigenvalue weighted by Crippen LogP contribution is 2.37. The summed E-state index contributed by atoms with van der Waals surface area (Å²) in [6, 6.07) is 25.1. The van der Waals surface area contributed by atoms with Crippen LogP contribution in [-0.2, 0) is 0 Å². The summed E-state index contributed by atoms with van der Waals surface area (Å²) in [5, 5.41) is 19.0. The van der Waals surface area contributed by atoms with Crippen molar-refractivity contribution in [3.63, 3.8) is 0 Å². The molecule has 0 unspecified atom stereocenters. The minimum atomic E-state index is 0.123. The SMILES string of the molecule is Brc1ccc(C2=NN(c3ccc(/C=N\n4cnnc4)cc3)[C@H](c3ccc(Br)cc3)C2)cc1. The third kappa shape index (κ3) is 4.56. The number of hydrazone groups is 1. The average molecular weight is 550 g/mol. The smallest absolute Gasteiger partial charge is 0.141 e. The first-order valence-corrected chi connectivity index (χ1v) is 11.6. The molecule has 0 bridgehead atoms. The van der Waals surface area contributed by atoms with Crippen LogP contribution in [-0.4, -0.2) is 26.8 Å². The normalized spacial score (nSPS) is 16.0. The molecule has 32 heavy (non-hydrogen) atoms. The van der Waals surface area contributed by atoms with Gasteiger partial charge in [-0.3, -0.25) is 5.01 Å². The van der Waals surface area contributed by atoms with Gasteiger partial charge in [0, 0.05) is 15.4 Å². The molecule has 1 atom stereocenters. The lowest BCUT2D eigenvalue weighted by atomic mass is 9.98. The molecule has 158 valence electrons.